The largest absolute Gasteiger partial charge is 0.278 e. The highest BCUT2D eigenvalue weighted by Gasteiger charge is 2.23. The molecule has 9 heteroatoms. The molecule has 1 rings (SSSR count). The molecule has 0 aliphatic heterocycles. The lowest BCUT2D eigenvalue weighted by atomic mass is 10.2. The number of alkyl halides is 2. The first-order valence-electron chi connectivity index (χ1n) is 3.60. The van der Waals surface area contributed by atoms with E-state index in [9.17, 15) is 17.2 Å². The van der Waals surface area contributed by atoms with Gasteiger partial charge in [0.1, 0.15) is 4.60 Å². The molecule has 0 aliphatic carbocycles. The van der Waals surface area contributed by atoms with Crippen LogP contribution in [0.15, 0.2) is 15.7 Å². The summed E-state index contributed by atoms with van der Waals surface area (Å²) in [6.07, 6.45) is -2.94. The quantitative estimate of drug-likeness (QED) is 0.617. The number of hydrogen-bond donors (Lipinski definition) is 0. The lowest BCUT2D eigenvalue weighted by molar-refractivity contribution is 0.149. The maximum Gasteiger partial charge on any atom is 0.278 e. The number of nitriles is 1. The van der Waals surface area contributed by atoms with Crippen molar-refractivity contribution in [2.24, 2.45) is 0 Å². The van der Waals surface area contributed by atoms with E-state index in [0.717, 1.165) is 0 Å². The fraction of sp³-hybridized carbons (Fsp3) is 0.143. The normalized spacial score (nSPS) is 11.5. The molecule has 0 amide bonds. The second-order valence-electron chi connectivity index (χ2n) is 2.56. The lowest BCUT2D eigenvalue weighted by Gasteiger charge is -2.06. The van der Waals surface area contributed by atoms with E-state index in [-0.39, 0.29) is 0 Å². The zero-order valence-corrected chi connectivity index (χ0v) is 10.4. The number of nitrogens with zero attached hydrogens (tertiary/aromatic N) is 2. The molecule has 1 aromatic heterocycles. The molecule has 86 valence electrons. The van der Waals surface area contributed by atoms with Gasteiger partial charge in [-0.1, -0.05) is 0 Å². The van der Waals surface area contributed by atoms with Crippen LogP contribution in [0.25, 0.3) is 0 Å². The highest BCUT2D eigenvalue weighted by atomic mass is 79.9. The smallest absolute Gasteiger partial charge is 0.227 e. The van der Waals surface area contributed by atoms with Gasteiger partial charge in [-0.25, -0.2) is 22.2 Å². The van der Waals surface area contributed by atoms with E-state index in [4.69, 9.17) is 15.9 Å². The van der Waals surface area contributed by atoms with Crippen LogP contribution >= 0.6 is 26.6 Å². The van der Waals surface area contributed by atoms with Gasteiger partial charge >= 0.3 is 0 Å². The number of hydrogen-bond acceptors (Lipinski definition) is 4. The van der Waals surface area contributed by atoms with Crippen molar-refractivity contribution in [2.45, 2.75) is 11.5 Å². The molecular weight excluding hydrogens is 330 g/mol. The number of rotatable bonds is 2. The van der Waals surface area contributed by atoms with E-state index >= 15 is 0 Å². The van der Waals surface area contributed by atoms with Crippen molar-refractivity contribution >= 4 is 35.7 Å². The first-order chi connectivity index (χ1) is 7.27. The Bertz CT molecular complexity index is 570. The van der Waals surface area contributed by atoms with Gasteiger partial charge in [0.25, 0.3) is 15.5 Å². The Morgan fingerprint density at radius 1 is 1.56 bits per heavy atom. The van der Waals surface area contributed by atoms with Crippen LogP contribution < -0.4 is 0 Å². The SMILES string of the molecule is N#Cc1cc(S(=O)(=O)Cl)nc(Br)c1C(F)F. The highest BCUT2D eigenvalue weighted by molar-refractivity contribution is 9.10. The molecule has 0 N–H and O–H groups in total. The monoisotopic (exact) mass is 330 g/mol. The Morgan fingerprint density at radius 2 is 2.12 bits per heavy atom. The van der Waals surface area contributed by atoms with Gasteiger partial charge in [-0.05, 0) is 22.0 Å². The van der Waals surface area contributed by atoms with E-state index in [2.05, 4.69) is 20.9 Å². The van der Waals surface area contributed by atoms with Gasteiger partial charge < -0.3 is 0 Å². The number of aromatic nitrogens is 1. The summed E-state index contributed by atoms with van der Waals surface area (Å²) in [5.74, 6) is 0. The van der Waals surface area contributed by atoms with E-state index in [1.54, 1.807) is 0 Å². The standard InChI is InChI=1S/C7H2BrClF2N2O2S/c8-6-5(7(10)11)3(2-12)1-4(13-6)16(9,14)15/h1,7H. The van der Waals surface area contributed by atoms with Crippen LogP contribution in [-0.4, -0.2) is 13.4 Å². The average Bonchev–Trinajstić information content (AvgIpc) is 2.14. The molecule has 1 heterocycles. The zero-order chi connectivity index (χ0) is 12.5. The van der Waals surface area contributed by atoms with Crippen molar-refractivity contribution in [3.05, 3.63) is 21.8 Å². The lowest BCUT2D eigenvalue weighted by Crippen LogP contribution is -2.02. The van der Waals surface area contributed by atoms with E-state index in [0.29, 0.717) is 6.07 Å². The fourth-order valence-corrected chi connectivity index (χ4v) is 2.32. The maximum absolute atomic E-state index is 12.5. The van der Waals surface area contributed by atoms with Gasteiger partial charge in [0.2, 0.25) is 0 Å². The molecule has 0 spiro atoms. The van der Waals surface area contributed by atoms with E-state index in [1.165, 1.54) is 6.07 Å². The van der Waals surface area contributed by atoms with Crippen LogP contribution in [0.4, 0.5) is 8.78 Å². The molecule has 0 saturated heterocycles. The van der Waals surface area contributed by atoms with Gasteiger partial charge in [-0.15, -0.1) is 0 Å². The predicted molar refractivity (Wildman–Crippen MR) is 54.6 cm³/mol. The third-order valence-corrected chi connectivity index (χ3v) is 3.36. The van der Waals surface area contributed by atoms with Crippen molar-refractivity contribution in [2.75, 3.05) is 0 Å². The van der Waals surface area contributed by atoms with Crippen LogP contribution in [-0.2, 0) is 9.05 Å². The molecule has 0 radical (unpaired) electrons. The number of pyridine rings is 1. The Hall–Kier alpha value is -0.780. The summed E-state index contributed by atoms with van der Waals surface area (Å²) in [5, 5.41) is 7.96. The summed E-state index contributed by atoms with van der Waals surface area (Å²) in [4.78, 5) is 3.34. The molecule has 0 unspecified atom stereocenters. The molecule has 0 aromatic carbocycles. The van der Waals surface area contributed by atoms with Gasteiger partial charge in [0.05, 0.1) is 17.2 Å². The molecule has 0 atom stereocenters. The van der Waals surface area contributed by atoms with Crippen LogP contribution in [0.1, 0.15) is 17.6 Å². The van der Waals surface area contributed by atoms with Gasteiger partial charge in [0.15, 0.2) is 5.03 Å². The summed E-state index contributed by atoms with van der Waals surface area (Å²) in [6, 6.07) is 2.16. The van der Waals surface area contributed by atoms with E-state index < -0.39 is 36.2 Å². The van der Waals surface area contributed by atoms with Crippen LogP contribution in [0, 0.1) is 11.3 Å². The molecule has 4 nitrogen and oxygen atoms in total. The van der Waals surface area contributed by atoms with Crippen LogP contribution in [0.5, 0.6) is 0 Å². The highest BCUT2D eigenvalue weighted by Crippen LogP contribution is 2.31. The van der Waals surface area contributed by atoms with Gasteiger partial charge in [-0.3, -0.25) is 0 Å². The zero-order valence-electron chi connectivity index (χ0n) is 7.29. The minimum absolute atomic E-state index is 0.416. The van der Waals surface area contributed by atoms with Crippen LogP contribution in [0.3, 0.4) is 0 Å². The Labute approximate surface area is 102 Å². The topological polar surface area (TPSA) is 70.8 Å². The van der Waals surface area contributed by atoms with Crippen molar-refractivity contribution in [1.29, 1.82) is 5.26 Å². The molecular formula is C7H2BrClF2N2O2S. The van der Waals surface area contributed by atoms with Crippen LogP contribution in [0.2, 0.25) is 0 Å². The minimum Gasteiger partial charge on any atom is -0.227 e. The molecule has 0 fully saturated rings. The molecule has 0 saturated carbocycles. The fourth-order valence-electron chi connectivity index (χ4n) is 0.927. The second kappa shape index (κ2) is 4.61. The summed E-state index contributed by atoms with van der Waals surface area (Å²) < 4.78 is 46.4. The van der Waals surface area contributed by atoms with Gasteiger partial charge in [0, 0.05) is 10.7 Å². The molecule has 0 aliphatic rings. The van der Waals surface area contributed by atoms with Crippen molar-refractivity contribution in [3.8, 4) is 6.07 Å². The van der Waals surface area contributed by atoms with Crippen molar-refractivity contribution in [3.63, 3.8) is 0 Å². The average molecular weight is 332 g/mol. The van der Waals surface area contributed by atoms with E-state index in [1.807, 2.05) is 0 Å². The molecule has 0 bridgehead atoms. The maximum atomic E-state index is 12.5. The predicted octanol–water partition coefficient (Wildman–Crippen LogP) is 2.58. The third kappa shape index (κ3) is 2.66. The third-order valence-electron chi connectivity index (χ3n) is 1.58. The Kier molecular flexibility index (Phi) is 3.83. The Balaban J connectivity index is 3.59. The molecule has 1 aromatic rings. The summed E-state index contributed by atoms with van der Waals surface area (Å²) in [5.41, 5.74) is -1.15. The summed E-state index contributed by atoms with van der Waals surface area (Å²) in [7, 11) is 0.818. The first kappa shape index (κ1) is 13.3. The summed E-state index contributed by atoms with van der Waals surface area (Å²) in [6.45, 7) is 0. The Morgan fingerprint density at radius 3 is 2.50 bits per heavy atom. The number of halogens is 4. The summed E-state index contributed by atoms with van der Waals surface area (Å²) >= 11 is 2.67. The minimum atomic E-state index is -4.17. The van der Waals surface area contributed by atoms with Crippen molar-refractivity contribution in [1.82, 2.24) is 4.98 Å². The molecule has 16 heavy (non-hydrogen) atoms. The first-order valence-corrected chi connectivity index (χ1v) is 6.71. The second-order valence-corrected chi connectivity index (χ2v) is 5.83. The van der Waals surface area contributed by atoms with Gasteiger partial charge in [-0.2, -0.15) is 5.26 Å². The van der Waals surface area contributed by atoms with Crippen molar-refractivity contribution < 1.29 is 17.2 Å².